The lowest BCUT2D eigenvalue weighted by Crippen LogP contribution is -2.42. The Morgan fingerprint density at radius 1 is 1.27 bits per heavy atom. The standard InChI is InChI=1S/C17H21N3O2/c1-12-3-4-13(2)16(11-12)22-14-6-9-20(10-7-14)17(21)15-5-8-18-19-15/h3-5,8,11,14H,6-7,9-10H2,1-2H3,(H,18,19). The highest BCUT2D eigenvalue weighted by atomic mass is 16.5. The maximum absolute atomic E-state index is 12.2. The molecule has 1 aromatic carbocycles. The Balaban J connectivity index is 1.58. The third-order valence-corrected chi connectivity index (χ3v) is 4.10. The molecule has 0 unspecified atom stereocenters. The molecule has 0 atom stereocenters. The van der Waals surface area contributed by atoms with Crippen LogP contribution >= 0.6 is 0 Å². The Morgan fingerprint density at radius 3 is 2.73 bits per heavy atom. The Hall–Kier alpha value is -2.30. The van der Waals surface area contributed by atoms with E-state index >= 15 is 0 Å². The molecule has 1 aromatic heterocycles. The number of carbonyl (C=O) groups excluding carboxylic acids is 1. The van der Waals surface area contributed by atoms with Gasteiger partial charge in [-0.3, -0.25) is 9.89 Å². The van der Waals surface area contributed by atoms with E-state index in [9.17, 15) is 4.79 Å². The number of likely N-dealkylation sites (tertiary alicyclic amines) is 1. The summed E-state index contributed by atoms with van der Waals surface area (Å²) in [5, 5.41) is 6.56. The van der Waals surface area contributed by atoms with E-state index in [0.29, 0.717) is 18.8 Å². The predicted molar refractivity (Wildman–Crippen MR) is 84.1 cm³/mol. The summed E-state index contributed by atoms with van der Waals surface area (Å²) >= 11 is 0. The third-order valence-electron chi connectivity index (χ3n) is 4.10. The van der Waals surface area contributed by atoms with E-state index in [-0.39, 0.29) is 12.0 Å². The molecular formula is C17H21N3O2. The zero-order valence-corrected chi connectivity index (χ0v) is 13.0. The highest BCUT2D eigenvalue weighted by molar-refractivity contribution is 5.92. The van der Waals surface area contributed by atoms with E-state index in [2.05, 4.69) is 42.2 Å². The van der Waals surface area contributed by atoms with Gasteiger partial charge in [0.15, 0.2) is 0 Å². The lowest BCUT2D eigenvalue weighted by atomic mass is 10.1. The predicted octanol–water partition coefficient (Wildman–Crippen LogP) is 2.71. The molecule has 5 nitrogen and oxygen atoms in total. The van der Waals surface area contributed by atoms with Crippen molar-refractivity contribution in [1.82, 2.24) is 15.1 Å². The smallest absolute Gasteiger partial charge is 0.271 e. The van der Waals surface area contributed by atoms with Gasteiger partial charge in [0.1, 0.15) is 17.5 Å². The second-order valence-electron chi connectivity index (χ2n) is 5.85. The Bertz CT molecular complexity index is 644. The number of carbonyl (C=O) groups is 1. The molecular weight excluding hydrogens is 278 g/mol. The fourth-order valence-corrected chi connectivity index (χ4v) is 2.74. The molecule has 116 valence electrons. The van der Waals surface area contributed by atoms with E-state index in [0.717, 1.165) is 24.2 Å². The minimum atomic E-state index is 0.0164. The fraction of sp³-hybridized carbons (Fsp3) is 0.412. The second-order valence-corrected chi connectivity index (χ2v) is 5.85. The fourth-order valence-electron chi connectivity index (χ4n) is 2.74. The number of nitrogens with one attached hydrogen (secondary N) is 1. The van der Waals surface area contributed by atoms with E-state index in [1.165, 1.54) is 5.56 Å². The van der Waals surface area contributed by atoms with Gasteiger partial charge in [-0.25, -0.2) is 0 Å². The molecule has 0 aliphatic carbocycles. The number of rotatable bonds is 3. The Morgan fingerprint density at radius 2 is 2.05 bits per heavy atom. The van der Waals surface area contributed by atoms with Crippen LogP contribution in [0.2, 0.25) is 0 Å². The number of aromatic nitrogens is 2. The first kappa shape index (κ1) is 14.6. The molecule has 2 aromatic rings. The van der Waals surface area contributed by atoms with Crippen molar-refractivity contribution in [3.8, 4) is 5.75 Å². The second kappa shape index (κ2) is 6.22. The van der Waals surface area contributed by atoms with Crippen molar-refractivity contribution in [1.29, 1.82) is 0 Å². The van der Waals surface area contributed by atoms with Gasteiger partial charge in [0, 0.05) is 32.1 Å². The van der Waals surface area contributed by atoms with Crippen LogP contribution in [0.15, 0.2) is 30.5 Å². The third kappa shape index (κ3) is 3.13. The first-order valence-corrected chi connectivity index (χ1v) is 7.66. The number of amides is 1. The lowest BCUT2D eigenvalue weighted by Gasteiger charge is -2.32. The number of hydrogen-bond acceptors (Lipinski definition) is 3. The van der Waals surface area contributed by atoms with Crippen molar-refractivity contribution in [2.45, 2.75) is 32.8 Å². The van der Waals surface area contributed by atoms with Crippen molar-refractivity contribution < 1.29 is 9.53 Å². The maximum atomic E-state index is 12.2. The van der Waals surface area contributed by atoms with Crippen molar-refractivity contribution in [2.24, 2.45) is 0 Å². The van der Waals surface area contributed by atoms with Crippen molar-refractivity contribution >= 4 is 5.91 Å². The van der Waals surface area contributed by atoms with Gasteiger partial charge in [-0.15, -0.1) is 0 Å². The summed E-state index contributed by atoms with van der Waals surface area (Å²) in [6.45, 7) is 5.56. The first-order valence-electron chi connectivity index (χ1n) is 7.66. The first-order chi connectivity index (χ1) is 10.6. The number of nitrogens with zero attached hydrogens (tertiary/aromatic N) is 2. The van der Waals surface area contributed by atoms with Crippen molar-refractivity contribution in [3.63, 3.8) is 0 Å². The minimum absolute atomic E-state index is 0.0164. The highest BCUT2D eigenvalue weighted by Crippen LogP contribution is 2.24. The molecule has 1 amide bonds. The van der Waals surface area contributed by atoms with Gasteiger partial charge in [-0.05, 0) is 37.1 Å². The average Bonchev–Trinajstić information content (AvgIpc) is 3.05. The summed E-state index contributed by atoms with van der Waals surface area (Å²) in [6.07, 6.45) is 3.48. The molecule has 1 saturated heterocycles. The Kier molecular flexibility index (Phi) is 4.13. The van der Waals surface area contributed by atoms with Gasteiger partial charge in [0.2, 0.25) is 0 Å². The van der Waals surface area contributed by atoms with Crippen LogP contribution in [-0.2, 0) is 0 Å². The van der Waals surface area contributed by atoms with Crippen molar-refractivity contribution in [3.05, 3.63) is 47.3 Å². The minimum Gasteiger partial charge on any atom is -0.490 e. The van der Waals surface area contributed by atoms with Crippen LogP contribution in [0.25, 0.3) is 0 Å². The van der Waals surface area contributed by atoms with Crippen LogP contribution in [-0.4, -0.2) is 40.2 Å². The summed E-state index contributed by atoms with van der Waals surface area (Å²) < 4.78 is 6.13. The average molecular weight is 299 g/mol. The number of ether oxygens (including phenoxy) is 1. The van der Waals surface area contributed by atoms with Crippen LogP contribution < -0.4 is 4.74 Å². The van der Waals surface area contributed by atoms with Crippen LogP contribution in [0, 0.1) is 13.8 Å². The molecule has 0 spiro atoms. The molecule has 3 rings (SSSR count). The topological polar surface area (TPSA) is 58.2 Å². The molecule has 22 heavy (non-hydrogen) atoms. The molecule has 0 bridgehead atoms. The quantitative estimate of drug-likeness (QED) is 0.948. The van der Waals surface area contributed by atoms with E-state index < -0.39 is 0 Å². The Labute approximate surface area is 130 Å². The van der Waals surface area contributed by atoms with E-state index in [1.54, 1.807) is 12.3 Å². The monoisotopic (exact) mass is 299 g/mol. The molecule has 1 aliphatic heterocycles. The van der Waals surface area contributed by atoms with Gasteiger partial charge in [0.25, 0.3) is 5.91 Å². The summed E-state index contributed by atoms with van der Waals surface area (Å²) in [5.74, 6) is 0.973. The summed E-state index contributed by atoms with van der Waals surface area (Å²) in [7, 11) is 0. The SMILES string of the molecule is Cc1ccc(C)c(OC2CCN(C(=O)c3ccn[nH]3)CC2)c1. The van der Waals surface area contributed by atoms with E-state index in [1.807, 2.05) is 4.90 Å². The number of benzene rings is 1. The van der Waals surface area contributed by atoms with Gasteiger partial charge in [-0.1, -0.05) is 12.1 Å². The van der Waals surface area contributed by atoms with Crippen LogP contribution in [0.3, 0.4) is 0 Å². The van der Waals surface area contributed by atoms with Gasteiger partial charge in [0.05, 0.1) is 0 Å². The van der Waals surface area contributed by atoms with Crippen molar-refractivity contribution in [2.75, 3.05) is 13.1 Å². The van der Waals surface area contributed by atoms with Gasteiger partial charge >= 0.3 is 0 Å². The highest BCUT2D eigenvalue weighted by Gasteiger charge is 2.25. The summed E-state index contributed by atoms with van der Waals surface area (Å²) in [6, 6.07) is 7.97. The molecule has 0 radical (unpaired) electrons. The lowest BCUT2D eigenvalue weighted by molar-refractivity contribution is 0.0589. The summed E-state index contributed by atoms with van der Waals surface area (Å²) in [4.78, 5) is 14.1. The van der Waals surface area contributed by atoms with Gasteiger partial charge < -0.3 is 9.64 Å². The number of aromatic amines is 1. The molecule has 5 heteroatoms. The molecule has 1 N–H and O–H groups in total. The zero-order chi connectivity index (χ0) is 15.5. The molecule has 1 fully saturated rings. The van der Waals surface area contributed by atoms with Gasteiger partial charge in [-0.2, -0.15) is 5.10 Å². The largest absolute Gasteiger partial charge is 0.490 e. The van der Waals surface area contributed by atoms with Crippen LogP contribution in [0.1, 0.15) is 34.5 Å². The number of piperidine rings is 1. The molecule has 2 heterocycles. The summed E-state index contributed by atoms with van der Waals surface area (Å²) in [5.41, 5.74) is 2.91. The maximum Gasteiger partial charge on any atom is 0.271 e. The zero-order valence-electron chi connectivity index (χ0n) is 13.0. The number of H-pyrrole nitrogens is 1. The number of hydrogen-bond donors (Lipinski definition) is 1. The number of aryl methyl sites for hydroxylation is 2. The normalized spacial score (nSPS) is 15.8. The molecule has 0 saturated carbocycles. The van der Waals surface area contributed by atoms with E-state index in [4.69, 9.17) is 4.74 Å². The van der Waals surface area contributed by atoms with Crippen LogP contribution in [0.4, 0.5) is 0 Å². The molecule has 1 aliphatic rings. The van der Waals surface area contributed by atoms with Crippen LogP contribution in [0.5, 0.6) is 5.75 Å².